The molecule has 210 valence electrons. The molecular formula is C32H34N6O2S. The van der Waals surface area contributed by atoms with Gasteiger partial charge >= 0.3 is 0 Å². The zero-order valence-electron chi connectivity index (χ0n) is 23.1. The molecule has 3 unspecified atom stereocenters. The summed E-state index contributed by atoms with van der Waals surface area (Å²) in [6.45, 7) is 5.69. The maximum Gasteiger partial charge on any atom is 0.253 e. The van der Waals surface area contributed by atoms with E-state index in [4.69, 9.17) is 11.0 Å². The molecule has 1 aliphatic rings. The quantitative estimate of drug-likeness (QED) is 0.314. The molecular weight excluding hydrogens is 532 g/mol. The molecule has 3 atom stereocenters. The molecule has 4 aromatic rings. The third-order valence-electron chi connectivity index (χ3n) is 7.53. The van der Waals surface area contributed by atoms with Gasteiger partial charge < -0.3 is 15.4 Å². The van der Waals surface area contributed by atoms with Gasteiger partial charge in [-0.3, -0.25) is 14.7 Å². The molecule has 1 aromatic heterocycles. The monoisotopic (exact) mass is 566 g/mol. The molecule has 0 spiro atoms. The Bertz CT molecular complexity index is 1560. The number of benzene rings is 3. The van der Waals surface area contributed by atoms with Crippen LogP contribution in [0.4, 0.5) is 5.69 Å². The van der Waals surface area contributed by atoms with Crippen LogP contribution in [0.1, 0.15) is 40.9 Å². The first kappa shape index (κ1) is 28.4. The summed E-state index contributed by atoms with van der Waals surface area (Å²) in [5.74, 6) is -0.235. The Morgan fingerprint density at radius 2 is 1.78 bits per heavy atom. The molecule has 3 N–H and O–H groups in total. The minimum atomic E-state index is -1.49. The van der Waals surface area contributed by atoms with Crippen molar-refractivity contribution in [3.8, 4) is 6.07 Å². The Labute approximate surface area is 243 Å². The van der Waals surface area contributed by atoms with Gasteiger partial charge in [0.25, 0.3) is 5.91 Å². The normalized spacial score (nSPS) is 16.4. The lowest BCUT2D eigenvalue weighted by Crippen LogP contribution is -2.35. The van der Waals surface area contributed by atoms with E-state index in [9.17, 15) is 9.00 Å². The SMILES string of the molecule is CC(C#N)C(N)c1ccc(CN2CCCN(C(=O)c3ccc(NS(=O)c4cccc5cccnc45)cc3)CC2)cc1. The number of rotatable bonds is 8. The van der Waals surface area contributed by atoms with Crippen molar-refractivity contribution in [3.63, 3.8) is 0 Å². The standard InChI is InChI=1S/C32H34N6O2S/c1-23(21-33)30(34)25-10-8-24(9-11-25)22-37-17-4-18-38(20-19-37)32(39)27-12-14-28(15-13-27)36-41(40)29-7-2-5-26-6-3-16-35-31(26)29/h2-3,5-16,23,30,36H,4,17-20,22,34H2,1H3. The van der Waals surface area contributed by atoms with Crippen molar-refractivity contribution < 1.29 is 9.00 Å². The van der Waals surface area contributed by atoms with Crippen molar-refractivity contribution in [2.75, 3.05) is 30.9 Å². The van der Waals surface area contributed by atoms with Crippen molar-refractivity contribution in [1.29, 1.82) is 5.26 Å². The van der Waals surface area contributed by atoms with Crippen LogP contribution in [0.2, 0.25) is 0 Å². The number of fused-ring (bicyclic) bond motifs is 1. The van der Waals surface area contributed by atoms with E-state index in [1.165, 1.54) is 5.56 Å². The summed E-state index contributed by atoms with van der Waals surface area (Å²) < 4.78 is 16.1. The summed E-state index contributed by atoms with van der Waals surface area (Å²) >= 11 is 0. The molecule has 8 nitrogen and oxygen atoms in total. The van der Waals surface area contributed by atoms with Crippen LogP contribution in [0.15, 0.2) is 90.0 Å². The molecule has 9 heteroatoms. The van der Waals surface area contributed by atoms with Gasteiger partial charge in [-0.2, -0.15) is 5.26 Å². The molecule has 0 saturated carbocycles. The number of carbonyl (C=O) groups excluding carboxylic acids is 1. The second kappa shape index (κ2) is 13.0. The number of hydrogen-bond donors (Lipinski definition) is 2. The number of pyridine rings is 1. The fourth-order valence-corrected chi connectivity index (χ4v) is 6.06. The van der Waals surface area contributed by atoms with Crippen molar-refractivity contribution >= 4 is 33.5 Å². The smallest absolute Gasteiger partial charge is 0.253 e. The number of nitrogens with two attached hydrogens (primary N) is 1. The number of amides is 1. The van der Waals surface area contributed by atoms with Crippen molar-refractivity contribution in [2.45, 2.75) is 30.8 Å². The number of hydrogen-bond acceptors (Lipinski definition) is 6. The van der Waals surface area contributed by atoms with E-state index in [1.807, 2.05) is 48.2 Å². The highest BCUT2D eigenvalue weighted by Gasteiger charge is 2.21. The van der Waals surface area contributed by atoms with E-state index in [0.717, 1.165) is 37.0 Å². The summed E-state index contributed by atoms with van der Waals surface area (Å²) in [6.07, 6.45) is 2.59. The van der Waals surface area contributed by atoms with Crippen LogP contribution in [0.3, 0.4) is 0 Å². The van der Waals surface area contributed by atoms with Crippen LogP contribution in [-0.2, 0) is 17.5 Å². The number of nitrogens with zero attached hydrogens (tertiary/aromatic N) is 4. The molecule has 0 bridgehead atoms. The molecule has 41 heavy (non-hydrogen) atoms. The second-order valence-electron chi connectivity index (χ2n) is 10.4. The van der Waals surface area contributed by atoms with Gasteiger partial charge in [-0.25, -0.2) is 4.21 Å². The van der Waals surface area contributed by atoms with E-state index in [2.05, 4.69) is 32.8 Å². The van der Waals surface area contributed by atoms with Crippen LogP contribution in [0.25, 0.3) is 10.9 Å². The molecule has 1 aliphatic heterocycles. The van der Waals surface area contributed by atoms with Crippen LogP contribution < -0.4 is 10.5 Å². The summed E-state index contributed by atoms with van der Waals surface area (Å²) in [7, 11) is -1.49. The van der Waals surface area contributed by atoms with Crippen molar-refractivity contribution in [2.24, 2.45) is 11.7 Å². The number of anilines is 1. The Kier molecular flexibility index (Phi) is 9.04. The van der Waals surface area contributed by atoms with Gasteiger partial charge in [-0.15, -0.1) is 0 Å². The highest BCUT2D eigenvalue weighted by Crippen LogP contribution is 2.22. The Balaban J connectivity index is 1.16. The first-order chi connectivity index (χ1) is 19.9. The van der Waals surface area contributed by atoms with E-state index in [-0.39, 0.29) is 17.9 Å². The lowest BCUT2D eigenvalue weighted by atomic mass is 9.96. The predicted octanol–water partition coefficient (Wildman–Crippen LogP) is 4.88. The number of para-hydroxylation sites is 1. The van der Waals surface area contributed by atoms with Crippen LogP contribution in [0, 0.1) is 17.2 Å². The average molecular weight is 567 g/mol. The van der Waals surface area contributed by atoms with Gasteiger partial charge in [-0.05, 0) is 60.9 Å². The van der Waals surface area contributed by atoms with E-state index in [1.54, 1.807) is 36.5 Å². The lowest BCUT2D eigenvalue weighted by molar-refractivity contribution is 0.0761. The van der Waals surface area contributed by atoms with Gasteiger partial charge in [0.05, 0.1) is 22.4 Å². The summed E-state index contributed by atoms with van der Waals surface area (Å²) in [6, 6.07) is 26.7. The van der Waals surface area contributed by atoms with Gasteiger partial charge in [0.1, 0.15) is 0 Å². The lowest BCUT2D eigenvalue weighted by Gasteiger charge is -2.22. The van der Waals surface area contributed by atoms with E-state index < -0.39 is 11.0 Å². The van der Waals surface area contributed by atoms with E-state index >= 15 is 0 Å². The largest absolute Gasteiger partial charge is 0.337 e. The molecule has 1 fully saturated rings. The molecule has 0 aliphatic carbocycles. The molecule has 3 aromatic carbocycles. The van der Waals surface area contributed by atoms with Gasteiger partial charge in [0, 0.05) is 61.6 Å². The number of nitrogens with one attached hydrogen (secondary N) is 1. The second-order valence-corrected chi connectivity index (χ2v) is 11.6. The topological polar surface area (TPSA) is 115 Å². The average Bonchev–Trinajstić information content (AvgIpc) is 3.26. The fourth-order valence-electron chi connectivity index (χ4n) is 5.06. The van der Waals surface area contributed by atoms with E-state index in [0.29, 0.717) is 34.8 Å². The fraction of sp³-hybridized carbons (Fsp3) is 0.281. The minimum Gasteiger partial charge on any atom is -0.337 e. The molecule has 5 rings (SSSR count). The Morgan fingerprint density at radius 3 is 2.54 bits per heavy atom. The maximum atomic E-state index is 13.3. The molecule has 1 amide bonds. The zero-order valence-corrected chi connectivity index (χ0v) is 23.9. The minimum absolute atomic E-state index is 0.00253. The van der Waals surface area contributed by atoms with Gasteiger partial charge in [0.15, 0.2) is 11.0 Å². The third kappa shape index (κ3) is 6.80. The summed E-state index contributed by atoms with van der Waals surface area (Å²) in [5, 5.41) is 10.1. The van der Waals surface area contributed by atoms with Crippen LogP contribution in [-0.4, -0.2) is 51.1 Å². The number of carbonyl (C=O) groups is 1. The van der Waals surface area contributed by atoms with Crippen molar-refractivity contribution in [1.82, 2.24) is 14.8 Å². The summed E-state index contributed by atoms with van der Waals surface area (Å²) in [5.41, 5.74) is 10.3. The third-order valence-corrected chi connectivity index (χ3v) is 8.68. The van der Waals surface area contributed by atoms with Gasteiger partial charge in [0.2, 0.25) is 0 Å². The Hall–Kier alpha value is -4.10. The first-order valence-electron chi connectivity index (χ1n) is 13.8. The zero-order chi connectivity index (χ0) is 28.8. The summed E-state index contributed by atoms with van der Waals surface area (Å²) in [4.78, 5) is 22.6. The van der Waals surface area contributed by atoms with Crippen molar-refractivity contribution in [3.05, 3.63) is 102 Å². The highest BCUT2D eigenvalue weighted by molar-refractivity contribution is 7.86. The van der Waals surface area contributed by atoms with Gasteiger partial charge in [-0.1, -0.05) is 42.5 Å². The first-order valence-corrected chi connectivity index (χ1v) is 15.0. The predicted molar refractivity (Wildman–Crippen MR) is 162 cm³/mol. The van der Waals surface area contributed by atoms with Crippen LogP contribution >= 0.6 is 0 Å². The van der Waals surface area contributed by atoms with Crippen LogP contribution in [0.5, 0.6) is 0 Å². The number of aromatic nitrogens is 1. The molecule has 2 heterocycles. The molecule has 0 radical (unpaired) electrons. The number of nitriles is 1. The molecule has 1 saturated heterocycles. The highest BCUT2D eigenvalue weighted by atomic mass is 32.2. The Morgan fingerprint density at radius 1 is 1.02 bits per heavy atom. The maximum absolute atomic E-state index is 13.3.